The maximum atomic E-state index is 12.0. The van der Waals surface area contributed by atoms with Crippen molar-refractivity contribution in [3.05, 3.63) is 29.8 Å². The van der Waals surface area contributed by atoms with Crippen LogP contribution in [0.25, 0.3) is 0 Å². The van der Waals surface area contributed by atoms with Gasteiger partial charge in [-0.2, -0.15) is 0 Å². The van der Waals surface area contributed by atoms with Crippen LogP contribution in [0.2, 0.25) is 0 Å². The zero-order chi connectivity index (χ0) is 11.4. The fourth-order valence-electron chi connectivity index (χ4n) is 2.11. The van der Waals surface area contributed by atoms with Crippen molar-refractivity contribution in [2.24, 2.45) is 0 Å². The fourth-order valence-corrected chi connectivity index (χ4v) is 2.11. The predicted octanol–water partition coefficient (Wildman–Crippen LogP) is 2.11. The lowest BCUT2D eigenvalue weighted by Gasteiger charge is -2.25. The van der Waals surface area contributed by atoms with Crippen molar-refractivity contribution in [3.63, 3.8) is 0 Å². The third-order valence-electron chi connectivity index (χ3n) is 2.95. The van der Waals surface area contributed by atoms with Gasteiger partial charge in [-0.1, -0.05) is 25.1 Å². The third kappa shape index (κ3) is 2.18. The van der Waals surface area contributed by atoms with Crippen LogP contribution in [0.3, 0.4) is 0 Å². The van der Waals surface area contributed by atoms with Gasteiger partial charge in [0.05, 0.1) is 5.92 Å². The monoisotopic (exact) mass is 218 g/mol. The average molecular weight is 218 g/mol. The Labute approximate surface area is 96.2 Å². The van der Waals surface area contributed by atoms with E-state index in [1.807, 2.05) is 24.3 Å². The van der Waals surface area contributed by atoms with E-state index in [2.05, 4.69) is 17.6 Å². The molecule has 2 N–H and O–H groups in total. The number of hydrogen-bond donors (Lipinski definition) is 2. The molecule has 1 aliphatic rings. The highest BCUT2D eigenvalue weighted by Gasteiger charge is 2.25. The zero-order valence-electron chi connectivity index (χ0n) is 9.62. The van der Waals surface area contributed by atoms with Crippen LogP contribution in [0, 0.1) is 0 Å². The van der Waals surface area contributed by atoms with Gasteiger partial charge >= 0.3 is 0 Å². The molecule has 1 amide bonds. The van der Waals surface area contributed by atoms with Gasteiger partial charge in [0.1, 0.15) is 0 Å². The molecule has 0 fully saturated rings. The van der Waals surface area contributed by atoms with E-state index in [1.165, 1.54) is 0 Å². The molecule has 2 rings (SSSR count). The maximum absolute atomic E-state index is 12.0. The maximum Gasteiger partial charge on any atom is 0.227 e. The van der Waals surface area contributed by atoms with Crippen LogP contribution in [-0.2, 0) is 4.79 Å². The first kappa shape index (κ1) is 11.0. The van der Waals surface area contributed by atoms with Gasteiger partial charge in [0.15, 0.2) is 0 Å². The Hall–Kier alpha value is -1.51. The number of anilines is 1. The lowest BCUT2D eigenvalue weighted by Crippen LogP contribution is -2.33. The van der Waals surface area contributed by atoms with E-state index in [1.54, 1.807) is 0 Å². The molecule has 3 heteroatoms. The molecule has 86 valence electrons. The summed E-state index contributed by atoms with van der Waals surface area (Å²) in [5.74, 6) is 0.180. The van der Waals surface area contributed by atoms with E-state index >= 15 is 0 Å². The molecule has 0 radical (unpaired) electrons. The largest absolute Gasteiger partial charge is 0.385 e. The molecule has 1 aliphatic heterocycles. The Balaban J connectivity index is 2.15. The van der Waals surface area contributed by atoms with Gasteiger partial charge in [-0.3, -0.25) is 4.79 Å². The molecule has 1 aromatic rings. The number of carbonyl (C=O) groups excluding carboxylic acids is 1. The van der Waals surface area contributed by atoms with Crippen LogP contribution in [0.15, 0.2) is 24.3 Å². The minimum atomic E-state index is 0.0176. The van der Waals surface area contributed by atoms with Crippen molar-refractivity contribution in [2.45, 2.75) is 25.7 Å². The first-order valence-electron chi connectivity index (χ1n) is 5.93. The molecular formula is C13H18N2O. The summed E-state index contributed by atoms with van der Waals surface area (Å²) in [5, 5.41) is 6.30. The molecule has 1 atom stereocenters. The lowest BCUT2D eigenvalue weighted by atomic mass is 9.90. The number of carbonyl (C=O) groups is 1. The Kier molecular flexibility index (Phi) is 3.44. The van der Waals surface area contributed by atoms with Crippen molar-refractivity contribution >= 4 is 11.6 Å². The van der Waals surface area contributed by atoms with Gasteiger partial charge in [0, 0.05) is 18.8 Å². The SMILES string of the molecule is CCCNC(=O)C1CCNc2ccccc21. The summed E-state index contributed by atoms with van der Waals surface area (Å²) in [7, 11) is 0. The summed E-state index contributed by atoms with van der Waals surface area (Å²) in [6.07, 6.45) is 1.87. The summed E-state index contributed by atoms with van der Waals surface area (Å²) in [5.41, 5.74) is 2.23. The highest BCUT2D eigenvalue weighted by molar-refractivity contribution is 5.86. The van der Waals surface area contributed by atoms with Crippen LogP contribution in [0.5, 0.6) is 0 Å². The lowest BCUT2D eigenvalue weighted by molar-refractivity contribution is -0.122. The zero-order valence-corrected chi connectivity index (χ0v) is 9.62. The molecular weight excluding hydrogens is 200 g/mol. The summed E-state index contributed by atoms with van der Waals surface area (Å²) < 4.78 is 0. The molecule has 0 spiro atoms. The van der Waals surface area contributed by atoms with Crippen molar-refractivity contribution in [1.82, 2.24) is 5.32 Å². The van der Waals surface area contributed by atoms with E-state index in [0.29, 0.717) is 0 Å². The highest BCUT2D eigenvalue weighted by atomic mass is 16.1. The summed E-state index contributed by atoms with van der Waals surface area (Å²) in [6.45, 7) is 3.71. The summed E-state index contributed by atoms with van der Waals surface area (Å²) >= 11 is 0. The molecule has 0 bridgehead atoms. The first-order chi connectivity index (χ1) is 7.83. The average Bonchev–Trinajstić information content (AvgIpc) is 2.35. The number of benzene rings is 1. The molecule has 1 heterocycles. The van der Waals surface area contributed by atoms with Crippen molar-refractivity contribution in [1.29, 1.82) is 0 Å². The van der Waals surface area contributed by atoms with Gasteiger partial charge in [-0.25, -0.2) is 0 Å². The molecule has 0 saturated heterocycles. The normalized spacial score (nSPS) is 18.4. The first-order valence-corrected chi connectivity index (χ1v) is 5.93. The number of amides is 1. The molecule has 0 saturated carbocycles. The standard InChI is InChI=1S/C13H18N2O/c1-2-8-15-13(16)11-7-9-14-12-6-4-3-5-10(11)12/h3-6,11,14H,2,7-9H2,1H3,(H,15,16). The van der Waals surface area contributed by atoms with Gasteiger partial charge in [-0.05, 0) is 24.5 Å². The molecule has 16 heavy (non-hydrogen) atoms. The van der Waals surface area contributed by atoms with Crippen molar-refractivity contribution in [3.8, 4) is 0 Å². The van der Waals surface area contributed by atoms with Crippen LogP contribution >= 0.6 is 0 Å². The summed E-state index contributed by atoms with van der Waals surface area (Å²) in [6, 6.07) is 8.07. The molecule has 1 aromatic carbocycles. The third-order valence-corrected chi connectivity index (χ3v) is 2.95. The van der Waals surface area contributed by atoms with Gasteiger partial charge in [0.25, 0.3) is 0 Å². The van der Waals surface area contributed by atoms with Crippen LogP contribution in [0.4, 0.5) is 5.69 Å². The second kappa shape index (κ2) is 5.01. The Bertz CT molecular complexity index is 376. The van der Waals surface area contributed by atoms with E-state index in [4.69, 9.17) is 0 Å². The summed E-state index contributed by atoms with van der Waals surface area (Å²) in [4.78, 5) is 12.0. The smallest absolute Gasteiger partial charge is 0.227 e. The van der Waals surface area contributed by atoms with Crippen molar-refractivity contribution < 1.29 is 4.79 Å². The predicted molar refractivity (Wildman–Crippen MR) is 65.6 cm³/mol. The molecule has 3 nitrogen and oxygen atoms in total. The van der Waals surface area contributed by atoms with Gasteiger partial charge < -0.3 is 10.6 Å². The quantitative estimate of drug-likeness (QED) is 0.816. The molecule has 0 aromatic heterocycles. The van der Waals surface area contributed by atoms with Gasteiger partial charge in [-0.15, -0.1) is 0 Å². The minimum Gasteiger partial charge on any atom is -0.385 e. The van der Waals surface area contributed by atoms with E-state index < -0.39 is 0 Å². The van der Waals surface area contributed by atoms with E-state index in [-0.39, 0.29) is 11.8 Å². The second-order valence-corrected chi connectivity index (χ2v) is 4.15. The molecule has 1 unspecified atom stereocenters. The highest BCUT2D eigenvalue weighted by Crippen LogP contribution is 2.31. The Morgan fingerprint density at radius 2 is 2.31 bits per heavy atom. The molecule has 0 aliphatic carbocycles. The van der Waals surface area contributed by atoms with Crippen molar-refractivity contribution in [2.75, 3.05) is 18.4 Å². The fraction of sp³-hybridized carbons (Fsp3) is 0.462. The Morgan fingerprint density at radius 1 is 1.50 bits per heavy atom. The van der Waals surface area contributed by atoms with Crippen LogP contribution in [0.1, 0.15) is 31.2 Å². The number of para-hydroxylation sites is 1. The van der Waals surface area contributed by atoms with Crippen LogP contribution < -0.4 is 10.6 Å². The topological polar surface area (TPSA) is 41.1 Å². The Morgan fingerprint density at radius 3 is 3.12 bits per heavy atom. The second-order valence-electron chi connectivity index (χ2n) is 4.15. The van der Waals surface area contributed by atoms with Gasteiger partial charge in [0.2, 0.25) is 5.91 Å². The van der Waals surface area contributed by atoms with E-state index in [0.717, 1.165) is 37.2 Å². The van der Waals surface area contributed by atoms with E-state index in [9.17, 15) is 4.79 Å². The number of fused-ring (bicyclic) bond motifs is 1. The number of hydrogen-bond acceptors (Lipinski definition) is 2. The number of nitrogens with one attached hydrogen (secondary N) is 2. The van der Waals surface area contributed by atoms with Crippen LogP contribution in [-0.4, -0.2) is 19.0 Å². The number of rotatable bonds is 3. The minimum absolute atomic E-state index is 0.0176.